The Kier molecular flexibility index (Phi) is 4.73. The van der Waals surface area contributed by atoms with Crippen molar-refractivity contribution >= 4 is 11.7 Å². The number of pyridine rings is 1. The molecule has 1 aromatic rings. The molecule has 3 aliphatic rings. The zero-order chi connectivity index (χ0) is 17.9. The number of carbonyl (C=O) groups is 1. The number of rotatable bonds is 4. The zero-order valence-corrected chi connectivity index (χ0v) is 14.8. The molecule has 1 atom stereocenters. The molecule has 4 rings (SSSR count). The molecule has 136 valence electrons. The van der Waals surface area contributed by atoms with E-state index in [2.05, 4.69) is 33.5 Å². The van der Waals surface area contributed by atoms with Gasteiger partial charge in [-0.15, -0.1) is 0 Å². The highest BCUT2D eigenvalue weighted by molar-refractivity contribution is 5.94. The summed E-state index contributed by atoms with van der Waals surface area (Å²) in [5, 5.41) is 6.31. The van der Waals surface area contributed by atoms with Crippen LogP contribution in [-0.4, -0.2) is 59.7 Å². The average molecular weight is 353 g/mol. The molecule has 0 radical (unpaired) electrons. The van der Waals surface area contributed by atoms with Gasteiger partial charge in [0.15, 0.2) is 6.17 Å². The number of nitrogens with zero attached hydrogens (tertiary/aromatic N) is 3. The summed E-state index contributed by atoms with van der Waals surface area (Å²) in [6, 6.07) is 5.46. The molecule has 2 N–H and O–H groups in total. The van der Waals surface area contributed by atoms with Gasteiger partial charge in [0.05, 0.1) is 24.6 Å². The van der Waals surface area contributed by atoms with E-state index in [9.17, 15) is 4.79 Å². The van der Waals surface area contributed by atoms with Gasteiger partial charge in [-0.25, -0.2) is 4.98 Å². The molecule has 1 amide bonds. The molecule has 1 unspecified atom stereocenters. The van der Waals surface area contributed by atoms with Crippen LogP contribution < -0.4 is 10.6 Å². The molecule has 7 heteroatoms. The summed E-state index contributed by atoms with van der Waals surface area (Å²) in [6.07, 6.45) is 7.18. The standard InChI is InChI=1S/C19H23N5O2/c1-14-5-4-8-24-17(14)15(13-23-9-11-26-12-10-23)21-18(24)19(25)22-16-6-2-3-7-20-16/h2-8,18,21H,9-13H2,1H3,(H,20,22,25). The molecule has 3 aliphatic heterocycles. The molecule has 4 heterocycles. The van der Waals surface area contributed by atoms with Crippen molar-refractivity contribution in [2.75, 3.05) is 38.2 Å². The number of hydrogen-bond donors (Lipinski definition) is 2. The normalized spacial score (nSPS) is 22.7. The van der Waals surface area contributed by atoms with E-state index in [1.807, 2.05) is 29.3 Å². The Labute approximate surface area is 153 Å². The molecule has 1 aromatic heterocycles. The first-order valence-corrected chi connectivity index (χ1v) is 8.88. The third-order valence-electron chi connectivity index (χ3n) is 4.75. The number of aromatic nitrogens is 1. The predicted octanol–water partition coefficient (Wildman–Crippen LogP) is 1.27. The highest BCUT2D eigenvalue weighted by Crippen LogP contribution is 2.30. The van der Waals surface area contributed by atoms with Gasteiger partial charge in [-0.1, -0.05) is 12.1 Å². The number of morpholine rings is 1. The van der Waals surface area contributed by atoms with E-state index in [1.54, 1.807) is 12.3 Å². The van der Waals surface area contributed by atoms with Crippen molar-refractivity contribution in [3.05, 3.63) is 59.7 Å². The number of carbonyl (C=O) groups excluding carboxylic acids is 1. The molecular formula is C19H23N5O2. The summed E-state index contributed by atoms with van der Waals surface area (Å²) >= 11 is 0. The zero-order valence-electron chi connectivity index (χ0n) is 14.8. The Morgan fingerprint density at radius 2 is 2.23 bits per heavy atom. The van der Waals surface area contributed by atoms with E-state index < -0.39 is 6.17 Å². The van der Waals surface area contributed by atoms with Gasteiger partial charge >= 0.3 is 0 Å². The summed E-state index contributed by atoms with van der Waals surface area (Å²) in [7, 11) is 0. The van der Waals surface area contributed by atoms with Crippen LogP contribution in [0.2, 0.25) is 0 Å². The molecule has 1 saturated heterocycles. The van der Waals surface area contributed by atoms with Crippen molar-refractivity contribution in [3.8, 4) is 0 Å². The lowest BCUT2D eigenvalue weighted by atomic mass is 10.1. The second-order valence-electron chi connectivity index (χ2n) is 6.57. The SMILES string of the molecule is CC1=CC=CN2C1=C(CN1CCOCC1)NC2C(=O)Nc1ccccn1. The minimum atomic E-state index is -0.483. The Balaban J connectivity index is 1.53. The number of allylic oxidation sites excluding steroid dienone is 3. The van der Waals surface area contributed by atoms with Gasteiger partial charge < -0.3 is 20.3 Å². The van der Waals surface area contributed by atoms with E-state index >= 15 is 0 Å². The highest BCUT2D eigenvalue weighted by Gasteiger charge is 2.37. The van der Waals surface area contributed by atoms with Crippen LogP contribution in [0.15, 0.2) is 59.7 Å². The molecule has 0 saturated carbocycles. The molecule has 7 nitrogen and oxygen atoms in total. The van der Waals surface area contributed by atoms with Crippen molar-refractivity contribution in [2.24, 2.45) is 0 Å². The van der Waals surface area contributed by atoms with Crippen molar-refractivity contribution < 1.29 is 9.53 Å². The van der Waals surface area contributed by atoms with Crippen LogP contribution in [0.4, 0.5) is 5.82 Å². The number of nitrogens with one attached hydrogen (secondary N) is 2. The molecule has 0 spiro atoms. The van der Waals surface area contributed by atoms with Crippen molar-refractivity contribution in [3.63, 3.8) is 0 Å². The van der Waals surface area contributed by atoms with Gasteiger partial charge in [0.1, 0.15) is 5.82 Å². The maximum Gasteiger partial charge on any atom is 0.269 e. The van der Waals surface area contributed by atoms with Crippen LogP contribution in [0.3, 0.4) is 0 Å². The van der Waals surface area contributed by atoms with E-state index in [-0.39, 0.29) is 5.91 Å². The largest absolute Gasteiger partial charge is 0.379 e. The van der Waals surface area contributed by atoms with Gasteiger partial charge in [-0.3, -0.25) is 9.69 Å². The summed E-state index contributed by atoms with van der Waals surface area (Å²) in [5.74, 6) is 0.424. The molecular weight excluding hydrogens is 330 g/mol. The van der Waals surface area contributed by atoms with Gasteiger partial charge in [0.2, 0.25) is 0 Å². The van der Waals surface area contributed by atoms with Gasteiger partial charge in [-0.2, -0.15) is 0 Å². The van der Waals surface area contributed by atoms with Gasteiger partial charge in [0.25, 0.3) is 5.91 Å². The van der Waals surface area contributed by atoms with Crippen LogP contribution in [-0.2, 0) is 9.53 Å². The van der Waals surface area contributed by atoms with Crippen LogP contribution in [0.25, 0.3) is 0 Å². The minimum Gasteiger partial charge on any atom is -0.379 e. The second-order valence-corrected chi connectivity index (χ2v) is 6.57. The first-order chi connectivity index (χ1) is 12.7. The number of fused-ring (bicyclic) bond motifs is 1. The van der Waals surface area contributed by atoms with Crippen LogP contribution in [0.1, 0.15) is 6.92 Å². The molecule has 0 aliphatic carbocycles. The van der Waals surface area contributed by atoms with Crippen LogP contribution in [0, 0.1) is 0 Å². The van der Waals surface area contributed by atoms with E-state index in [1.165, 1.54) is 0 Å². The van der Waals surface area contributed by atoms with E-state index in [0.717, 1.165) is 49.8 Å². The van der Waals surface area contributed by atoms with Crippen molar-refractivity contribution in [1.29, 1.82) is 0 Å². The third kappa shape index (κ3) is 3.36. The van der Waals surface area contributed by atoms with Crippen LogP contribution in [0.5, 0.6) is 0 Å². The molecule has 0 aromatic carbocycles. The lowest BCUT2D eigenvalue weighted by Gasteiger charge is -2.27. The third-order valence-corrected chi connectivity index (χ3v) is 4.75. The monoisotopic (exact) mass is 353 g/mol. The second kappa shape index (κ2) is 7.31. The molecule has 1 fully saturated rings. The van der Waals surface area contributed by atoms with Crippen molar-refractivity contribution in [2.45, 2.75) is 13.1 Å². The molecule has 0 bridgehead atoms. The maximum absolute atomic E-state index is 12.8. The first kappa shape index (κ1) is 16.8. The van der Waals surface area contributed by atoms with Gasteiger partial charge in [-0.05, 0) is 30.7 Å². The van der Waals surface area contributed by atoms with E-state index in [4.69, 9.17) is 4.74 Å². The van der Waals surface area contributed by atoms with Crippen LogP contribution >= 0.6 is 0 Å². The first-order valence-electron chi connectivity index (χ1n) is 8.88. The molecule has 26 heavy (non-hydrogen) atoms. The fraction of sp³-hybridized carbons (Fsp3) is 0.368. The fourth-order valence-electron chi connectivity index (χ4n) is 3.48. The lowest BCUT2D eigenvalue weighted by molar-refractivity contribution is -0.120. The quantitative estimate of drug-likeness (QED) is 0.850. The Morgan fingerprint density at radius 1 is 1.38 bits per heavy atom. The predicted molar refractivity (Wildman–Crippen MR) is 98.8 cm³/mol. The summed E-state index contributed by atoms with van der Waals surface area (Å²) in [5.41, 5.74) is 3.31. The number of anilines is 1. The average Bonchev–Trinajstić information content (AvgIpc) is 3.03. The Morgan fingerprint density at radius 3 is 3.00 bits per heavy atom. The van der Waals surface area contributed by atoms with Gasteiger partial charge in [0, 0.05) is 32.0 Å². The number of ether oxygens (including phenoxy) is 1. The maximum atomic E-state index is 12.8. The topological polar surface area (TPSA) is 69.7 Å². The summed E-state index contributed by atoms with van der Waals surface area (Å²) < 4.78 is 5.44. The fourth-order valence-corrected chi connectivity index (χ4v) is 3.48. The van der Waals surface area contributed by atoms with E-state index in [0.29, 0.717) is 5.82 Å². The summed E-state index contributed by atoms with van der Waals surface area (Å²) in [6.45, 7) is 6.17. The number of hydrogen-bond acceptors (Lipinski definition) is 6. The number of amides is 1. The Bertz CT molecular complexity index is 765. The summed E-state index contributed by atoms with van der Waals surface area (Å²) in [4.78, 5) is 21.4. The van der Waals surface area contributed by atoms with Crippen molar-refractivity contribution in [1.82, 2.24) is 20.1 Å². The Hall–Kier alpha value is -2.64. The minimum absolute atomic E-state index is 0.127. The lowest BCUT2D eigenvalue weighted by Crippen LogP contribution is -2.46. The smallest absolute Gasteiger partial charge is 0.269 e. The highest BCUT2D eigenvalue weighted by atomic mass is 16.5.